The van der Waals surface area contributed by atoms with E-state index in [2.05, 4.69) is 29.2 Å². The first kappa shape index (κ1) is 16.2. The Bertz CT molecular complexity index is 722. The summed E-state index contributed by atoms with van der Waals surface area (Å²) in [4.78, 5) is 17.4. The second-order valence-corrected chi connectivity index (χ2v) is 7.19. The number of benzene rings is 2. The maximum atomic E-state index is 12.9. The maximum absolute atomic E-state index is 12.9. The highest BCUT2D eigenvalue weighted by Crippen LogP contribution is 2.31. The number of rotatable bonds is 4. The summed E-state index contributed by atoms with van der Waals surface area (Å²) in [6, 6.07) is 18.7. The van der Waals surface area contributed by atoms with Crippen LogP contribution in [-0.2, 0) is 11.2 Å². The molecule has 4 rings (SSSR count). The first-order valence-corrected chi connectivity index (χ1v) is 9.52. The largest absolute Gasteiger partial charge is 0.371 e. The van der Waals surface area contributed by atoms with Crippen molar-refractivity contribution in [2.75, 3.05) is 29.4 Å². The Balaban J connectivity index is 1.50. The molecule has 3 nitrogen and oxygen atoms in total. The average Bonchev–Trinajstić information content (AvgIpc) is 3.04. The Labute approximate surface area is 150 Å². The molecule has 2 aromatic carbocycles. The van der Waals surface area contributed by atoms with Crippen molar-refractivity contribution in [1.29, 1.82) is 0 Å². The second kappa shape index (κ2) is 7.30. The fourth-order valence-electron chi connectivity index (χ4n) is 4.18. The van der Waals surface area contributed by atoms with Crippen LogP contribution in [0, 0.1) is 5.92 Å². The minimum absolute atomic E-state index is 0.103. The van der Waals surface area contributed by atoms with Gasteiger partial charge in [-0.1, -0.05) is 36.4 Å². The Morgan fingerprint density at radius 1 is 0.840 bits per heavy atom. The van der Waals surface area contributed by atoms with Crippen LogP contribution in [0.5, 0.6) is 0 Å². The van der Waals surface area contributed by atoms with E-state index in [9.17, 15) is 4.79 Å². The third-order valence-corrected chi connectivity index (χ3v) is 5.54. The van der Waals surface area contributed by atoms with Crippen molar-refractivity contribution < 1.29 is 4.79 Å². The van der Waals surface area contributed by atoms with Crippen LogP contribution in [0.15, 0.2) is 54.6 Å². The SMILES string of the molecule is O=C1C(Cc2ccccc2N2CCCCC2)CCN1c1ccccc1. The third kappa shape index (κ3) is 3.41. The molecule has 1 unspecified atom stereocenters. The monoisotopic (exact) mass is 334 g/mol. The van der Waals surface area contributed by atoms with Gasteiger partial charge in [-0.15, -0.1) is 0 Å². The molecular formula is C22H26N2O. The Kier molecular flexibility index (Phi) is 4.73. The fourth-order valence-corrected chi connectivity index (χ4v) is 4.18. The Hall–Kier alpha value is -2.29. The molecule has 0 bridgehead atoms. The topological polar surface area (TPSA) is 23.6 Å². The molecule has 1 atom stereocenters. The van der Waals surface area contributed by atoms with Gasteiger partial charge in [0.2, 0.25) is 5.91 Å². The molecule has 2 aliphatic heterocycles. The Morgan fingerprint density at radius 3 is 2.36 bits per heavy atom. The number of anilines is 2. The molecule has 2 aromatic rings. The molecule has 130 valence electrons. The number of carbonyl (C=O) groups is 1. The van der Waals surface area contributed by atoms with Crippen LogP contribution in [0.3, 0.4) is 0 Å². The van der Waals surface area contributed by atoms with E-state index in [0.717, 1.165) is 38.2 Å². The molecular weight excluding hydrogens is 308 g/mol. The lowest BCUT2D eigenvalue weighted by molar-refractivity contribution is -0.120. The minimum atomic E-state index is 0.103. The van der Waals surface area contributed by atoms with Gasteiger partial charge in [0.1, 0.15) is 0 Å². The molecule has 0 spiro atoms. The van der Waals surface area contributed by atoms with Gasteiger partial charge in [0, 0.05) is 36.9 Å². The highest BCUT2D eigenvalue weighted by Gasteiger charge is 2.33. The van der Waals surface area contributed by atoms with Gasteiger partial charge < -0.3 is 9.80 Å². The fraction of sp³-hybridized carbons (Fsp3) is 0.409. The van der Waals surface area contributed by atoms with Crippen LogP contribution in [0.25, 0.3) is 0 Å². The molecule has 1 amide bonds. The molecule has 25 heavy (non-hydrogen) atoms. The van der Waals surface area contributed by atoms with Gasteiger partial charge in [0.25, 0.3) is 0 Å². The molecule has 0 saturated carbocycles. The van der Waals surface area contributed by atoms with Crippen molar-refractivity contribution in [3.63, 3.8) is 0 Å². The summed E-state index contributed by atoms with van der Waals surface area (Å²) in [5, 5.41) is 0. The van der Waals surface area contributed by atoms with Crippen molar-refractivity contribution in [2.24, 2.45) is 5.92 Å². The van der Waals surface area contributed by atoms with E-state index < -0.39 is 0 Å². The van der Waals surface area contributed by atoms with E-state index in [1.807, 2.05) is 35.2 Å². The lowest BCUT2D eigenvalue weighted by Crippen LogP contribution is -2.31. The molecule has 0 aliphatic carbocycles. The number of para-hydroxylation sites is 2. The number of hydrogen-bond donors (Lipinski definition) is 0. The summed E-state index contributed by atoms with van der Waals surface area (Å²) in [5.74, 6) is 0.380. The summed E-state index contributed by atoms with van der Waals surface area (Å²) in [6.07, 6.45) is 5.69. The van der Waals surface area contributed by atoms with E-state index in [4.69, 9.17) is 0 Å². The Morgan fingerprint density at radius 2 is 1.56 bits per heavy atom. The quantitative estimate of drug-likeness (QED) is 0.833. The number of nitrogens with zero attached hydrogens (tertiary/aromatic N) is 2. The molecule has 2 heterocycles. The number of hydrogen-bond acceptors (Lipinski definition) is 2. The van der Waals surface area contributed by atoms with E-state index in [1.54, 1.807) is 0 Å². The molecule has 0 N–H and O–H groups in total. The summed E-state index contributed by atoms with van der Waals surface area (Å²) < 4.78 is 0. The van der Waals surface area contributed by atoms with E-state index in [1.165, 1.54) is 30.5 Å². The van der Waals surface area contributed by atoms with Crippen molar-refractivity contribution in [2.45, 2.75) is 32.1 Å². The number of amides is 1. The third-order valence-electron chi connectivity index (χ3n) is 5.54. The predicted octanol–water partition coefficient (Wildman–Crippen LogP) is 4.27. The van der Waals surface area contributed by atoms with Crippen molar-refractivity contribution in [3.05, 3.63) is 60.2 Å². The van der Waals surface area contributed by atoms with E-state index >= 15 is 0 Å². The van der Waals surface area contributed by atoms with Gasteiger partial charge in [0.15, 0.2) is 0 Å². The van der Waals surface area contributed by atoms with Gasteiger partial charge >= 0.3 is 0 Å². The van der Waals surface area contributed by atoms with Crippen LogP contribution < -0.4 is 9.80 Å². The van der Waals surface area contributed by atoms with Crippen LogP contribution in [0.1, 0.15) is 31.2 Å². The standard InChI is InChI=1S/C22H26N2O/c25-22-19(13-16-24(22)20-10-3-1-4-11-20)17-18-9-5-6-12-21(18)23-14-7-2-8-15-23/h1,3-6,9-12,19H,2,7-8,13-17H2. The minimum Gasteiger partial charge on any atom is -0.371 e. The van der Waals surface area contributed by atoms with Crippen molar-refractivity contribution in [3.8, 4) is 0 Å². The van der Waals surface area contributed by atoms with Crippen LogP contribution in [-0.4, -0.2) is 25.5 Å². The van der Waals surface area contributed by atoms with Gasteiger partial charge in [-0.25, -0.2) is 0 Å². The normalized spacial score (nSPS) is 21.0. The molecule has 3 heteroatoms. The molecule has 0 radical (unpaired) electrons. The summed E-state index contributed by atoms with van der Waals surface area (Å²) in [5.41, 5.74) is 3.70. The predicted molar refractivity (Wildman–Crippen MR) is 103 cm³/mol. The van der Waals surface area contributed by atoms with Gasteiger partial charge in [-0.05, 0) is 55.9 Å². The first-order chi connectivity index (χ1) is 12.3. The van der Waals surface area contributed by atoms with Gasteiger partial charge in [-0.2, -0.15) is 0 Å². The van der Waals surface area contributed by atoms with Crippen molar-refractivity contribution >= 4 is 17.3 Å². The number of piperidine rings is 1. The molecule has 2 aliphatic rings. The second-order valence-electron chi connectivity index (χ2n) is 7.19. The zero-order valence-corrected chi connectivity index (χ0v) is 14.7. The van der Waals surface area contributed by atoms with Crippen LogP contribution >= 0.6 is 0 Å². The van der Waals surface area contributed by atoms with Crippen LogP contribution in [0.4, 0.5) is 11.4 Å². The molecule has 0 aromatic heterocycles. The lowest BCUT2D eigenvalue weighted by atomic mass is 9.95. The average molecular weight is 334 g/mol. The summed E-state index contributed by atoms with van der Waals surface area (Å²) in [7, 11) is 0. The van der Waals surface area contributed by atoms with E-state index in [-0.39, 0.29) is 11.8 Å². The van der Waals surface area contributed by atoms with Crippen molar-refractivity contribution in [1.82, 2.24) is 0 Å². The van der Waals surface area contributed by atoms with Crippen LogP contribution in [0.2, 0.25) is 0 Å². The highest BCUT2D eigenvalue weighted by molar-refractivity contribution is 5.97. The maximum Gasteiger partial charge on any atom is 0.230 e. The zero-order chi connectivity index (χ0) is 17.1. The summed E-state index contributed by atoms with van der Waals surface area (Å²) in [6.45, 7) is 3.12. The first-order valence-electron chi connectivity index (χ1n) is 9.52. The van der Waals surface area contributed by atoms with Gasteiger partial charge in [0.05, 0.1) is 0 Å². The summed E-state index contributed by atoms with van der Waals surface area (Å²) >= 11 is 0. The van der Waals surface area contributed by atoms with E-state index in [0.29, 0.717) is 0 Å². The zero-order valence-electron chi connectivity index (χ0n) is 14.7. The molecule has 2 fully saturated rings. The highest BCUT2D eigenvalue weighted by atomic mass is 16.2. The molecule has 2 saturated heterocycles. The lowest BCUT2D eigenvalue weighted by Gasteiger charge is -2.31. The number of carbonyl (C=O) groups excluding carboxylic acids is 1. The smallest absolute Gasteiger partial charge is 0.230 e. The van der Waals surface area contributed by atoms with Gasteiger partial charge in [-0.3, -0.25) is 4.79 Å².